The van der Waals surface area contributed by atoms with Crippen molar-refractivity contribution in [3.05, 3.63) is 70.3 Å². The maximum absolute atomic E-state index is 12.2. The molecule has 2 aromatic carbocycles. The summed E-state index contributed by atoms with van der Waals surface area (Å²) >= 11 is 0. The van der Waals surface area contributed by atoms with Crippen molar-refractivity contribution in [2.24, 2.45) is 0 Å². The van der Waals surface area contributed by atoms with E-state index in [0.29, 0.717) is 6.42 Å². The number of rotatable bonds is 11. The minimum Gasteiger partial charge on any atom is -0.354 e. The van der Waals surface area contributed by atoms with Gasteiger partial charge in [0.05, 0.1) is 16.9 Å². The van der Waals surface area contributed by atoms with E-state index >= 15 is 0 Å². The molecule has 0 unspecified atom stereocenters. The van der Waals surface area contributed by atoms with Gasteiger partial charge in [-0.1, -0.05) is 36.4 Å². The summed E-state index contributed by atoms with van der Waals surface area (Å²) in [6, 6.07) is 15.5. The van der Waals surface area contributed by atoms with E-state index in [1.54, 1.807) is 0 Å². The first-order valence-electron chi connectivity index (χ1n) is 9.72. The zero-order chi connectivity index (χ0) is 22.1. The minimum absolute atomic E-state index is 0.000454. The van der Waals surface area contributed by atoms with E-state index < -0.39 is 14.9 Å². The Bertz CT molecular complexity index is 964. The summed E-state index contributed by atoms with van der Waals surface area (Å²) in [5.41, 5.74) is 1.23. The quantitative estimate of drug-likeness (QED) is 0.432. The van der Waals surface area contributed by atoms with Crippen LogP contribution >= 0.6 is 0 Å². The fourth-order valence-electron chi connectivity index (χ4n) is 3.08. The lowest BCUT2D eigenvalue weighted by molar-refractivity contribution is -0.384. The molecule has 8 nitrogen and oxygen atoms in total. The largest absolute Gasteiger partial charge is 0.354 e. The van der Waals surface area contributed by atoms with Gasteiger partial charge in [0.1, 0.15) is 0 Å². The summed E-state index contributed by atoms with van der Waals surface area (Å²) in [6.45, 7) is 2.00. The standard InChI is InChI=1S/C21H27N3O5S/c1-17(13-14-18-8-4-3-5-9-18)22-21(25)12-7-15-23(30(2,28)29)19-10-6-11-20(16-19)24(26)27/h3-6,8-11,16-17H,7,12-15H2,1-2H3,(H,22,25)/t17-/m1/s1. The van der Waals surface area contributed by atoms with Crippen molar-refractivity contribution < 1.29 is 18.1 Å². The number of nitro benzene ring substituents is 1. The van der Waals surface area contributed by atoms with Crippen LogP contribution in [0.4, 0.5) is 11.4 Å². The molecule has 162 valence electrons. The van der Waals surface area contributed by atoms with Gasteiger partial charge < -0.3 is 5.32 Å². The van der Waals surface area contributed by atoms with Crippen LogP contribution in [0.5, 0.6) is 0 Å². The number of nitrogens with zero attached hydrogens (tertiary/aromatic N) is 2. The summed E-state index contributed by atoms with van der Waals surface area (Å²) in [7, 11) is -3.64. The second-order valence-corrected chi connectivity index (χ2v) is 9.12. The van der Waals surface area contributed by atoms with Gasteiger partial charge in [-0.25, -0.2) is 8.42 Å². The Morgan fingerprint density at radius 1 is 1.17 bits per heavy atom. The molecule has 1 atom stereocenters. The van der Waals surface area contributed by atoms with Gasteiger partial charge in [-0.3, -0.25) is 19.2 Å². The molecular weight excluding hydrogens is 406 g/mol. The summed E-state index contributed by atoms with van der Waals surface area (Å²) in [5, 5.41) is 13.9. The Morgan fingerprint density at radius 2 is 1.87 bits per heavy atom. The van der Waals surface area contributed by atoms with Gasteiger partial charge in [-0.05, 0) is 37.8 Å². The first kappa shape index (κ1) is 23.3. The van der Waals surface area contributed by atoms with Crippen LogP contribution in [0.25, 0.3) is 0 Å². The highest BCUT2D eigenvalue weighted by molar-refractivity contribution is 7.92. The third-order valence-electron chi connectivity index (χ3n) is 4.61. The van der Waals surface area contributed by atoms with Crippen LogP contribution in [0, 0.1) is 10.1 Å². The molecule has 0 heterocycles. The van der Waals surface area contributed by atoms with Gasteiger partial charge in [-0.2, -0.15) is 0 Å². The number of amides is 1. The number of sulfonamides is 1. The Kier molecular flexibility index (Phi) is 8.35. The number of benzene rings is 2. The topological polar surface area (TPSA) is 110 Å². The Labute approximate surface area is 177 Å². The number of hydrogen-bond acceptors (Lipinski definition) is 5. The molecule has 0 bridgehead atoms. The average molecular weight is 434 g/mol. The summed E-state index contributed by atoms with van der Waals surface area (Å²) < 4.78 is 25.4. The predicted molar refractivity (Wildman–Crippen MR) is 117 cm³/mol. The van der Waals surface area contributed by atoms with Crippen LogP contribution < -0.4 is 9.62 Å². The monoisotopic (exact) mass is 433 g/mol. The van der Waals surface area contributed by atoms with E-state index in [1.807, 2.05) is 37.3 Å². The maximum atomic E-state index is 12.2. The fraction of sp³-hybridized carbons (Fsp3) is 0.381. The summed E-state index contributed by atoms with van der Waals surface area (Å²) in [6.07, 6.45) is 3.16. The van der Waals surface area contributed by atoms with Crippen LogP contribution in [0.15, 0.2) is 54.6 Å². The number of non-ortho nitro benzene ring substituents is 1. The molecular formula is C21H27N3O5S. The molecule has 0 aliphatic heterocycles. The van der Waals surface area contributed by atoms with E-state index in [-0.39, 0.29) is 36.3 Å². The molecule has 0 aliphatic carbocycles. The zero-order valence-electron chi connectivity index (χ0n) is 17.2. The third kappa shape index (κ3) is 7.47. The molecule has 30 heavy (non-hydrogen) atoms. The second kappa shape index (κ2) is 10.7. The second-order valence-electron chi connectivity index (χ2n) is 7.21. The van der Waals surface area contributed by atoms with E-state index in [2.05, 4.69) is 5.32 Å². The molecule has 2 rings (SSSR count). The zero-order valence-corrected chi connectivity index (χ0v) is 18.0. The molecule has 1 amide bonds. The minimum atomic E-state index is -3.64. The van der Waals surface area contributed by atoms with Gasteiger partial charge in [0.2, 0.25) is 15.9 Å². The number of aryl methyl sites for hydroxylation is 1. The predicted octanol–water partition coefficient (Wildman–Crippen LogP) is 3.28. The number of nitrogens with one attached hydrogen (secondary N) is 1. The maximum Gasteiger partial charge on any atom is 0.271 e. The van der Waals surface area contributed by atoms with Crippen molar-refractivity contribution in [3.63, 3.8) is 0 Å². The number of carbonyl (C=O) groups is 1. The molecule has 0 fully saturated rings. The van der Waals surface area contributed by atoms with Crippen LogP contribution in [0.1, 0.15) is 31.7 Å². The average Bonchev–Trinajstić information content (AvgIpc) is 2.69. The first-order chi connectivity index (χ1) is 14.2. The highest BCUT2D eigenvalue weighted by Gasteiger charge is 2.20. The number of anilines is 1. The highest BCUT2D eigenvalue weighted by atomic mass is 32.2. The first-order valence-corrected chi connectivity index (χ1v) is 11.6. The smallest absolute Gasteiger partial charge is 0.271 e. The van der Waals surface area contributed by atoms with E-state index in [0.717, 1.165) is 23.4 Å². The lowest BCUT2D eigenvalue weighted by atomic mass is 10.1. The molecule has 0 saturated heterocycles. The van der Waals surface area contributed by atoms with Crippen molar-refractivity contribution in [1.82, 2.24) is 5.32 Å². The van der Waals surface area contributed by atoms with E-state index in [4.69, 9.17) is 0 Å². The van der Waals surface area contributed by atoms with Crippen molar-refractivity contribution in [2.75, 3.05) is 17.1 Å². The molecule has 0 radical (unpaired) electrons. The Balaban J connectivity index is 1.86. The third-order valence-corrected chi connectivity index (χ3v) is 5.80. The lowest BCUT2D eigenvalue weighted by Gasteiger charge is -2.22. The Hall–Kier alpha value is -2.94. The van der Waals surface area contributed by atoms with Crippen molar-refractivity contribution in [1.29, 1.82) is 0 Å². The number of hydrogen-bond donors (Lipinski definition) is 1. The van der Waals surface area contributed by atoms with Crippen LogP contribution in [-0.2, 0) is 21.2 Å². The van der Waals surface area contributed by atoms with Gasteiger partial charge in [0.25, 0.3) is 5.69 Å². The Morgan fingerprint density at radius 3 is 2.50 bits per heavy atom. The summed E-state index contributed by atoms with van der Waals surface area (Å²) in [4.78, 5) is 22.6. The number of carbonyl (C=O) groups excluding carboxylic acids is 1. The number of nitro groups is 1. The van der Waals surface area contributed by atoms with Crippen LogP contribution in [0.2, 0.25) is 0 Å². The normalized spacial score (nSPS) is 12.2. The molecule has 1 N–H and O–H groups in total. The molecule has 2 aromatic rings. The van der Waals surface area contributed by atoms with Crippen molar-refractivity contribution >= 4 is 27.3 Å². The van der Waals surface area contributed by atoms with Crippen LogP contribution in [0.3, 0.4) is 0 Å². The highest BCUT2D eigenvalue weighted by Crippen LogP contribution is 2.23. The lowest BCUT2D eigenvalue weighted by Crippen LogP contribution is -2.35. The fourth-order valence-corrected chi connectivity index (χ4v) is 4.04. The SMILES string of the molecule is C[C@H](CCc1ccccc1)NC(=O)CCCN(c1cccc([N+](=O)[O-])c1)S(C)(=O)=O. The van der Waals surface area contributed by atoms with Crippen LogP contribution in [-0.4, -0.2) is 38.1 Å². The molecule has 0 saturated carbocycles. The molecule has 9 heteroatoms. The van der Waals surface area contributed by atoms with E-state index in [1.165, 1.54) is 29.8 Å². The van der Waals surface area contributed by atoms with Crippen molar-refractivity contribution in [3.8, 4) is 0 Å². The molecule has 0 aromatic heterocycles. The molecule has 0 aliphatic rings. The van der Waals surface area contributed by atoms with Gasteiger partial charge in [0, 0.05) is 31.1 Å². The summed E-state index contributed by atoms with van der Waals surface area (Å²) in [5.74, 6) is -0.150. The van der Waals surface area contributed by atoms with E-state index in [9.17, 15) is 23.3 Å². The molecule has 0 spiro atoms. The van der Waals surface area contributed by atoms with Gasteiger partial charge >= 0.3 is 0 Å². The van der Waals surface area contributed by atoms with Gasteiger partial charge in [0.15, 0.2) is 0 Å². The van der Waals surface area contributed by atoms with Gasteiger partial charge in [-0.15, -0.1) is 0 Å². The van der Waals surface area contributed by atoms with Crippen molar-refractivity contribution in [2.45, 2.75) is 38.6 Å².